The van der Waals surface area contributed by atoms with Crippen molar-refractivity contribution in [2.45, 2.75) is 13.8 Å². The fourth-order valence-corrected chi connectivity index (χ4v) is 2.24. The van der Waals surface area contributed by atoms with Crippen LogP contribution in [0.2, 0.25) is 0 Å². The third-order valence-corrected chi connectivity index (χ3v) is 3.49. The van der Waals surface area contributed by atoms with Crippen molar-refractivity contribution >= 4 is 23.6 Å². The van der Waals surface area contributed by atoms with Gasteiger partial charge in [-0.3, -0.25) is 4.79 Å². The van der Waals surface area contributed by atoms with E-state index in [2.05, 4.69) is 5.32 Å². The lowest BCUT2D eigenvalue weighted by Crippen LogP contribution is -2.14. The summed E-state index contributed by atoms with van der Waals surface area (Å²) in [6.07, 6.45) is 1.49. The van der Waals surface area contributed by atoms with E-state index >= 15 is 0 Å². The summed E-state index contributed by atoms with van der Waals surface area (Å²) in [7, 11) is 0. The maximum Gasteiger partial charge on any atom is 0.344 e. The first-order valence-corrected chi connectivity index (χ1v) is 8.40. The first-order valence-electron chi connectivity index (χ1n) is 8.40. The molecule has 0 saturated heterocycles. The molecule has 1 amide bonds. The fourth-order valence-electron chi connectivity index (χ4n) is 2.24. The van der Waals surface area contributed by atoms with E-state index in [9.17, 15) is 14.9 Å². The third-order valence-electron chi connectivity index (χ3n) is 3.49. The van der Waals surface area contributed by atoms with E-state index in [4.69, 9.17) is 9.47 Å². The summed E-state index contributed by atoms with van der Waals surface area (Å²) in [6.45, 7) is 3.77. The van der Waals surface area contributed by atoms with E-state index < -0.39 is 11.9 Å². The topological polar surface area (TPSA) is 88.4 Å². The molecule has 0 atom stereocenters. The quantitative estimate of drug-likeness (QED) is 0.462. The van der Waals surface area contributed by atoms with Gasteiger partial charge in [-0.2, -0.15) is 5.26 Å². The van der Waals surface area contributed by atoms with Gasteiger partial charge in [0, 0.05) is 5.69 Å². The Morgan fingerprint density at radius 3 is 2.56 bits per heavy atom. The van der Waals surface area contributed by atoms with Crippen LogP contribution in [0.3, 0.4) is 0 Å². The van der Waals surface area contributed by atoms with Gasteiger partial charge in [0.2, 0.25) is 0 Å². The number of benzene rings is 2. The van der Waals surface area contributed by atoms with Gasteiger partial charge >= 0.3 is 5.97 Å². The monoisotopic (exact) mass is 364 g/mol. The molecule has 2 rings (SSSR count). The van der Waals surface area contributed by atoms with Crippen LogP contribution in [-0.2, 0) is 14.3 Å². The molecule has 138 valence electrons. The molecule has 0 fully saturated rings. The van der Waals surface area contributed by atoms with Gasteiger partial charge in [-0.15, -0.1) is 0 Å². The van der Waals surface area contributed by atoms with Crippen LogP contribution in [0.25, 0.3) is 6.08 Å². The van der Waals surface area contributed by atoms with E-state index in [1.165, 1.54) is 6.08 Å². The number of aryl methyl sites for hydroxylation is 1. The van der Waals surface area contributed by atoms with Crippen molar-refractivity contribution in [2.75, 3.05) is 18.5 Å². The van der Waals surface area contributed by atoms with Crippen LogP contribution in [0, 0.1) is 18.3 Å². The van der Waals surface area contributed by atoms with E-state index in [0.29, 0.717) is 23.6 Å². The van der Waals surface area contributed by atoms with Gasteiger partial charge < -0.3 is 14.8 Å². The molecule has 0 unspecified atom stereocenters. The number of nitrogens with one attached hydrogen (secondary N) is 1. The summed E-state index contributed by atoms with van der Waals surface area (Å²) in [6, 6.07) is 15.9. The number of hydrogen-bond acceptors (Lipinski definition) is 5. The van der Waals surface area contributed by atoms with Crippen LogP contribution in [0.15, 0.2) is 54.1 Å². The van der Waals surface area contributed by atoms with Crippen molar-refractivity contribution in [2.24, 2.45) is 0 Å². The summed E-state index contributed by atoms with van der Waals surface area (Å²) >= 11 is 0. The van der Waals surface area contributed by atoms with Crippen molar-refractivity contribution < 1.29 is 19.1 Å². The van der Waals surface area contributed by atoms with Gasteiger partial charge in [0.05, 0.1) is 6.61 Å². The number of anilines is 1. The lowest BCUT2D eigenvalue weighted by Gasteiger charge is -2.07. The van der Waals surface area contributed by atoms with Crippen molar-refractivity contribution in [3.05, 3.63) is 65.2 Å². The zero-order valence-corrected chi connectivity index (χ0v) is 15.2. The Balaban J connectivity index is 2.03. The Morgan fingerprint density at radius 2 is 1.93 bits per heavy atom. The van der Waals surface area contributed by atoms with Crippen molar-refractivity contribution in [3.63, 3.8) is 0 Å². The van der Waals surface area contributed by atoms with Gasteiger partial charge in [0.1, 0.15) is 17.4 Å². The Morgan fingerprint density at radius 1 is 1.19 bits per heavy atom. The Bertz CT molecular complexity index is 880. The van der Waals surface area contributed by atoms with Crippen LogP contribution in [0.5, 0.6) is 5.75 Å². The maximum absolute atomic E-state index is 12.3. The number of carbonyl (C=O) groups is 2. The van der Waals surface area contributed by atoms with E-state index in [1.54, 1.807) is 37.3 Å². The number of carbonyl (C=O) groups excluding carboxylic acids is 2. The van der Waals surface area contributed by atoms with Gasteiger partial charge in [-0.05, 0) is 55.3 Å². The summed E-state index contributed by atoms with van der Waals surface area (Å²) < 4.78 is 10.1. The summed E-state index contributed by atoms with van der Waals surface area (Å²) in [4.78, 5) is 23.6. The largest absolute Gasteiger partial charge is 0.482 e. The minimum atomic E-state index is -0.481. The molecule has 2 aromatic rings. The predicted molar refractivity (Wildman–Crippen MR) is 102 cm³/mol. The molecule has 0 heterocycles. The van der Waals surface area contributed by atoms with Gasteiger partial charge in [-0.25, -0.2) is 4.79 Å². The normalized spacial score (nSPS) is 10.6. The van der Waals surface area contributed by atoms with Gasteiger partial charge in [0.25, 0.3) is 5.91 Å². The summed E-state index contributed by atoms with van der Waals surface area (Å²) in [5.74, 6) is -0.435. The Kier molecular flexibility index (Phi) is 7.15. The van der Waals surface area contributed by atoms with Crippen LogP contribution < -0.4 is 10.1 Å². The molecular formula is C21H20N2O4. The average Bonchev–Trinajstić information content (AvgIpc) is 2.65. The molecule has 0 aliphatic rings. The van der Waals surface area contributed by atoms with Crippen LogP contribution in [0.4, 0.5) is 5.69 Å². The highest BCUT2D eigenvalue weighted by Crippen LogP contribution is 2.16. The number of amides is 1. The Labute approximate surface area is 158 Å². The predicted octanol–water partition coefficient (Wildman–Crippen LogP) is 3.48. The van der Waals surface area contributed by atoms with E-state index in [1.807, 2.05) is 31.2 Å². The second kappa shape index (κ2) is 9.78. The molecule has 6 nitrogen and oxygen atoms in total. The molecule has 0 bridgehead atoms. The maximum atomic E-state index is 12.3. The van der Waals surface area contributed by atoms with Crippen molar-refractivity contribution in [1.82, 2.24) is 0 Å². The molecule has 0 saturated carbocycles. The molecule has 0 aliphatic carbocycles. The minimum absolute atomic E-state index is 0.0169. The highest BCUT2D eigenvalue weighted by Gasteiger charge is 2.10. The Hall–Kier alpha value is -3.59. The highest BCUT2D eigenvalue weighted by atomic mass is 16.6. The second-order valence-electron chi connectivity index (χ2n) is 5.66. The minimum Gasteiger partial charge on any atom is -0.482 e. The van der Waals surface area contributed by atoms with Crippen molar-refractivity contribution in [3.8, 4) is 11.8 Å². The standard InChI is InChI=1S/C21H20N2O4/c1-3-26-20(24)14-27-19-9-7-16(8-10-19)12-17(13-22)21(25)23-18-6-4-5-15(2)11-18/h4-12H,3,14H2,1-2H3,(H,23,25)/b17-12-. The number of esters is 1. The molecule has 0 aliphatic heterocycles. The SMILES string of the molecule is CCOC(=O)COc1ccc(/C=C(/C#N)C(=O)Nc2cccc(C)c2)cc1. The average molecular weight is 364 g/mol. The van der Waals surface area contributed by atoms with E-state index in [0.717, 1.165) is 5.56 Å². The zero-order chi connectivity index (χ0) is 19.6. The third kappa shape index (κ3) is 6.33. The molecule has 0 aromatic heterocycles. The van der Waals surface area contributed by atoms with Crippen LogP contribution >= 0.6 is 0 Å². The number of ether oxygens (including phenoxy) is 2. The summed E-state index contributed by atoms with van der Waals surface area (Å²) in [5.41, 5.74) is 2.28. The molecular weight excluding hydrogens is 344 g/mol. The number of nitriles is 1. The van der Waals surface area contributed by atoms with Gasteiger partial charge in [0.15, 0.2) is 6.61 Å². The van der Waals surface area contributed by atoms with Crippen LogP contribution in [0.1, 0.15) is 18.1 Å². The first-order chi connectivity index (χ1) is 13.0. The molecule has 1 N–H and O–H groups in total. The number of nitrogens with zero attached hydrogens (tertiary/aromatic N) is 1. The summed E-state index contributed by atoms with van der Waals surface area (Å²) in [5, 5.41) is 12.0. The zero-order valence-electron chi connectivity index (χ0n) is 15.2. The fraction of sp³-hybridized carbons (Fsp3) is 0.190. The molecule has 27 heavy (non-hydrogen) atoms. The number of hydrogen-bond donors (Lipinski definition) is 1. The van der Waals surface area contributed by atoms with E-state index in [-0.39, 0.29) is 12.2 Å². The lowest BCUT2D eigenvalue weighted by atomic mass is 10.1. The molecule has 0 spiro atoms. The second-order valence-corrected chi connectivity index (χ2v) is 5.66. The van der Waals surface area contributed by atoms with Crippen molar-refractivity contribution in [1.29, 1.82) is 5.26 Å². The molecule has 0 radical (unpaired) electrons. The molecule has 2 aromatic carbocycles. The lowest BCUT2D eigenvalue weighted by molar-refractivity contribution is -0.145. The molecule has 6 heteroatoms. The highest BCUT2D eigenvalue weighted by molar-refractivity contribution is 6.09. The van der Waals surface area contributed by atoms with Gasteiger partial charge in [-0.1, -0.05) is 24.3 Å². The number of rotatable bonds is 7. The first kappa shape index (κ1) is 19.7. The van der Waals surface area contributed by atoms with Crippen LogP contribution in [-0.4, -0.2) is 25.1 Å². The smallest absolute Gasteiger partial charge is 0.344 e.